The molecule has 1 N–H and O–H groups in total. The Morgan fingerprint density at radius 2 is 1.85 bits per heavy atom. The van der Waals surface area contributed by atoms with Crippen molar-refractivity contribution in [2.45, 2.75) is 39.7 Å². The van der Waals surface area contributed by atoms with Crippen LogP contribution in [0, 0.1) is 5.41 Å². The summed E-state index contributed by atoms with van der Waals surface area (Å²) in [6.07, 6.45) is 2.20. The van der Waals surface area contributed by atoms with E-state index in [1.54, 1.807) is 6.92 Å². The van der Waals surface area contributed by atoms with E-state index in [1.165, 1.54) is 0 Å². The van der Waals surface area contributed by atoms with Gasteiger partial charge in [-0.15, -0.1) is 0 Å². The molecule has 1 aliphatic heterocycles. The standard InChI is InChI=1S/C10H19NO2/c1-8(9(12)13)11-6-4-10(2,3)5-7-11/h8H,4-7H2,1-3H3,(H,12,13). The number of carbonyl (C=O) groups is 1. The Balaban J connectivity index is 2.45. The molecule has 0 radical (unpaired) electrons. The Bertz CT molecular complexity index is 191. The molecule has 0 aromatic rings. The molecule has 0 bridgehead atoms. The van der Waals surface area contributed by atoms with Crippen LogP contribution in [0.5, 0.6) is 0 Å². The van der Waals surface area contributed by atoms with Gasteiger partial charge in [0.25, 0.3) is 0 Å². The zero-order chi connectivity index (χ0) is 10.1. The molecular weight excluding hydrogens is 166 g/mol. The number of aliphatic carboxylic acids is 1. The van der Waals surface area contributed by atoms with Crippen molar-refractivity contribution in [1.29, 1.82) is 0 Å². The van der Waals surface area contributed by atoms with E-state index < -0.39 is 5.97 Å². The third kappa shape index (κ3) is 2.69. The topological polar surface area (TPSA) is 40.5 Å². The minimum Gasteiger partial charge on any atom is -0.480 e. The summed E-state index contributed by atoms with van der Waals surface area (Å²) in [7, 11) is 0. The maximum atomic E-state index is 10.7. The molecule has 1 heterocycles. The molecule has 0 aromatic carbocycles. The summed E-state index contributed by atoms with van der Waals surface area (Å²) in [6.45, 7) is 8.09. The third-order valence-corrected chi connectivity index (χ3v) is 3.06. The summed E-state index contributed by atoms with van der Waals surface area (Å²) < 4.78 is 0. The molecule has 13 heavy (non-hydrogen) atoms. The fourth-order valence-corrected chi connectivity index (χ4v) is 1.67. The van der Waals surface area contributed by atoms with E-state index in [0.29, 0.717) is 5.41 Å². The zero-order valence-electron chi connectivity index (χ0n) is 8.71. The molecule has 1 aliphatic rings. The molecule has 0 spiro atoms. The van der Waals surface area contributed by atoms with Crippen LogP contribution >= 0.6 is 0 Å². The first kappa shape index (κ1) is 10.5. The Kier molecular flexibility index (Phi) is 2.96. The van der Waals surface area contributed by atoms with Gasteiger partial charge in [-0.1, -0.05) is 13.8 Å². The number of hydrogen-bond acceptors (Lipinski definition) is 2. The molecule has 1 saturated heterocycles. The second-order valence-electron chi connectivity index (χ2n) is 4.71. The van der Waals surface area contributed by atoms with Gasteiger partial charge in [-0.05, 0) is 38.3 Å². The van der Waals surface area contributed by atoms with Crippen LogP contribution in [0.2, 0.25) is 0 Å². The smallest absolute Gasteiger partial charge is 0.320 e. The lowest BCUT2D eigenvalue weighted by Gasteiger charge is -2.38. The van der Waals surface area contributed by atoms with Gasteiger partial charge in [0.15, 0.2) is 0 Å². The quantitative estimate of drug-likeness (QED) is 0.710. The summed E-state index contributed by atoms with van der Waals surface area (Å²) in [5.41, 5.74) is 0.398. The Morgan fingerprint density at radius 3 is 2.23 bits per heavy atom. The molecular formula is C10H19NO2. The van der Waals surface area contributed by atoms with Gasteiger partial charge in [0.2, 0.25) is 0 Å². The first-order valence-corrected chi connectivity index (χ1v) is 4.89. The van der Waals surface area contributed by atoms with Gasteiger partial charge in [-0.25, -0.2) is 0 Å². The average Bonchev–Trinajstić information content (AvgIpc) is 2.03. The van der Waals surface area contributed by atoms with Crippen LogP contribution in [0.1, 0.15) is 33.6 Å². The van der Waals surface area contributed by atoms with E-state index >= 15 is 0 Å². The van der Waals surface area contributed by atoms with Gasteiger partial charge in [0, 0.05) is 0 Å². The lowest BCUT2D eigenvalue weighted by molar-refractivity contribution is -0.143. The second-order valence-corrected chi connectivity index (χ2v) is 4.71. The number of piperidine rings is 1. The van der Waals surface area contributed by atoms with Gasteiger partial charge in [0.1, 0.15) is 6.04 Å². The van der Waals surface area contributed by atoms with E-state index in [4.69, 9.17) is 5.11 Å². The van der Waals surface area contributed by atoms with Crippen molar-refractivity contribution in [1.82, 2.24) is 4.90 Å². The largest absolute Gasteiger partial charge is 0.480 e. The maximum absolute atomic E-state index is 10.7. The van der Waals surface area contributed by atoms with E-state index in [2.05, 4.69) is 13.8 Å². The van der Waals surface area contributed by atoms with Crippen LogP contribution in [0.25, 0.3) is 0 Å². The highest BCUT2D eigenvalue weighted by Gasteiger charge is 2.29. The minimum atomic E-state index is -0.709. The number of carboxylic acids is 1. The SMILES string of the molecule is CC(C(=O)O)N1CCC(C)(C)CC1. The Hall–Kier alpha value is -0.570. The fraction of sp³-hybridized carbons (Fsp3) is 0.900. The van der Waals surface area contributed by atoms with Crippen molar-refractivity contribution in [3.05, 3.63) is 0 Å². The second kappa shape index (κ2) is 3.66. The van der Waals surface area contributed by atoms with E-state index in [1.807, 2.05) is 4.90 Å². The molecule has 3 nitrogen and oxygen atoms in total. The molecule has 0 aromatic heterocycles. The van der Waals surface area contributed by atoms with Crippen molar-refractivity contribution < 1.29 is 9.90 Å². The average molecular weight is 185 g/mol. The van der Waals surface area contributed by atoms with Crippen molar-refractivity contribution in [2.24, 2.45) is 5.41 Å². The summed E-state index contributed by atoms with van der Waals surface area (Å²) in [6, 6.07) is -0.323. The third-order valence-electron chi connectivity index (χ3n) is 3.06. The summed E-state index contributed by atoms with van der Waals surface area (Å²) in [5, 5.41) is 8.82. The predicted octanol–water partition coefficient (Wildman–Crippen LogP) is 1.58. The molecule has 3 heteroatoms. The van der Waals surface area contributed by atoms with Crippen LogP contribution in [-0.4, -0.2) is 35.1 Å². The van der Waals surface area contributed by atoms with Crippen LogP contribution in [0.4, 0.5) is 0 Å². The van der Waals surface area contributed by atoms with E-state index in [9.17, 15) is 4.79 Å². The normalized spacial score (nSPS) is 25.5. The van der Waals surface area contributed by atoms with Crippen LogP contribution in [-0.2, 0) is 4.79 Å². The minimum absolute atomic E-state index is 0.323. The number of hydrogen-bond donors (Lipinski definition) is 1. The van der Waals surface area contributed by atoms with Gasteiger partial charge >= 0.3 is 5.97 Å². The molecule has 1 rings (SSSR count). The Labute approximate surface area is 79.7 Å². The number of carboxylic acid groups (broad SMARTS) is 1. The first-order chi connectivity index (χ1) is 5.92. The molecule has 0 saturated carbocycles. The van der Waals surface area contributed by atoms with Crippen LogP contribution < -0.4 is 0 Å². The number of nitrogens with zero attached hydrogens (tertiary/aromatic N) is 1. The lowest BCUT2D eigenvalue weighted by atomic mass is 9.82. The van der Waals surface area contributed by atoms with E-state index in [-0.39, 0.29) is 6.04 Å². The highest BCUT2D eigenvalue weighted by molar-refractivity contribution is 5.72. The van der Waals surface area contributed by atoms with Crippen LogP contribution in [0.15, 0.2) is 0 Å². The molecule has 0 amide bonds. The highest BCUT2D eigenvalue weighted by atomic mass is 16.4. The summed E-state index contributed by atoms with van der Waals surface area (Å²) >= 11 is 0. The number of likely N-dealkylation sites (tertiary alicyclic amines) is 1. The molecule has 1 unspecified atom stereocenters. The zero-order valence-corrected chi connectivity index (χ0v) is 8.71. The van der Waals surface area contributed by atoms with Crippen LogP contribution in [0.3, 0.4) is 0 Å². The Morgan fingerprint density at radius 1 is 1.38 bits per heavy atom. The summed E-state index contributed by atoms with van der Waals surface area (Å²) in [4.78, 5) is 12.8. The van der Waals surface area contributed by atoms with E-state index in [0.717, 1.165) is 25.9 Å². The first-order valence-electron chi connectivity index (χ1n) is 4.89. The molecule has 1 fully saturated rings. The number of rotatable bonds is 2. The van der Waals surface area contributed by atoms with Crippen molar-refractivity contribution in [2.75, 3.05) is 13.1 Å². The fourth-order valence-electron chi connectivity index (χ4n) is 1.67. The predicted molar refractivity (Wildman–Crippen MR) is 51.7 cm³/mol. The lowest BCUT2D eigenvalue weighted by Crippen LogP contribution is -2.45. The van der Waals surface area contributed by atoms with Crippen molar-refractivity contribution >= 4 is 5.97 Å². The maximum Gasteiger partial charge on any atom is 0.320 e. The van der Waals surface area contributed by atoms with Crippen molar-refractivity contribution in [3.63, 3.8) is 0 Å². The van der Waals surface area contributed by atoms with Gasteiger partial charge in [-0.2, -0.15) is 0 Å². The summed E-state index contributed by atoms with van der Waals surface area (Å²) in [5.74, 6) is -0.709. The van der Waals surface area contributed by atoms with Crippen molar-refractivity contribution in [3.8, 4) is 0 Å². The molecule has 76 valence electrons. The molecule has 0 aliphatic carbocycles. The molecule has 1 atom stereocenters. The highest BCUT2D eigenvalue weighted by Crippen LogP contribution is 2.30. The van der Waals surface area contributed by atoms with Gasteiger partial charge in [0.05, 0.1) is 0 Å². The van der Waals surface area contributed by atoms with Gasteiger partial charge < -0.3 is 5.11 Å². The van der Waals surface area contributed by atoms with Gasteiger partial charge in [-0.3, -0.25) is 9.69 Å². The monoisotopic (exact) mass is 185 g/mol.